The molecule has 2 aromatic rings. The molecule has 8 heteroatoms. The summed E-state index contributed by atoms with van der Waals surface area (Å²) in [6.45, 7) is 2.94. The maximum atomic E-state index is 13.1. The lowest BCUT2D eigenvalue weighted by atomic mass is 10.1. The molecular weight excluding hydrogens is 358 g/mol. The molecule has 1 fully saturated rings. The highest BCUT2D eigenvalue weighted by Crippen LogP contribution is 2.29. The number of hydrogen-bond acceptors (Lipinski definition) is 5. The summed E-state index contributed by atoms with van der Waals surface area (Å²) in [6.07, 6.45) is 2.85. The first-order valence-corrected chi connectivity index (χ1v) is 9.70. The van der Waals surface area contributed by atoms with Crippen LogP contribution in [0.4, 0.5) is 0 Å². The fourth-order valence-corrected chi connectivity index (χ4v) is 3.68. The van der Waals surface area contributed by atoms with Gasteiger partial charge in [0.2, 0.25) is 5.91 Å². The number of carbonyl (C=O) groups excluding carboxylic acids is 2. The normalized spacial score (nSPS) is 18.5. The van der Waals surface area contributed by atoms with Crippen molar-refractivity contribution in [3.8, 4) is 5.75 Å². The van der Waals surface area contributed by atoms with E-state index in [1.54, 1.807) is 12.0 Å². The molecule has 1 aromatic heterocycles. The quantitative estimate of drug-likeness (QED) is 0.814. The first-order valence-electron chi connectivity index (χ1n) is 9.70. The fourth-order valence-electron chi connectivity index (χ4n) is 3.68. The van der Waals surface area contributed by atoms with E-state index >= 15 is 0 Å². The summed E-state index contributed by atoms with van der Waals surface area (Å²) in [6, 6.07) is 7.18. The van der Waals surface area contributed by atoms with Crippen LogP contribution < -0.4 is 10.1 Å². The van der Waals surface area contributed by atoms with Gasteiger partial charge in [-0.2, -0.15) is 0 Å². The minimum Gasteiger partial charge on any atom is -0.496 e. The zero-order chi connectivity index (χ0) is 19.7. The Balaban J connectivity index is 1.52. The second kappa shape index (κ2) is 7.61. The van der Waals surface area contributed by atoms with E-state index in [9.17, 15) is 9.59 Å². The van der Waals surface area contributed by atoms with Gasteiger partial charge in [0.05, 0.1) is 7.11 Å². The molecular formula is C20H25N5O3. The number of hydrogen-bond donors (Lipinski definition) is 1. The number of carbonyl (C=O) groups is 2. The second-order valence-electron chi connectivity index (χ2n) is 7.34. The van der Waals surface area contributed by atoms with Gasteiger partial charge in [-0.25, -0.2) is 0 Å². The Morgan fingerprint density at radius 1 is 1.21 bits per heavy atom. The van der Waals surface area contributed by atoms with Crippen molar-refractivity contribution in [1.82, 2.24) is 25.0 Å². The number of aryl methyl sites for hydroxylation is 2. The molecule has 1 aliphatic heterocycles. The highest BCUT2D eigenvalue weighted by molar-refractivity contribution is 5.88. The topological polar surface area (TPSA) is 89.3 Å². The maximum absolute atomic E-state index is 13.1. The summed E-state index contributed by atoms with van der Waals surface area (Å²) in [7, 11) is 1.62. The van der Waals surface area contributed by atoms with E-state index in [1.165, 1.54) is 0 Å². The van der Waals surface area contributed by atoms with Crippen LogP contribution in [0, 0.1) is 6.92 Å². The molecule has 0 radical (unpaired) electrons. The highest BCUT2D eigenvalue weighted by atomic mass is 16.5. The van der Waals surface area contributed by atoms with E-state index < -0.39 is 6.04 Å². The Bertz CT molecular complexity index is 890. The van der Waals surface area contributed by atoms with E-state index in [-0.39, 0.29) is 17.9 Å². The minimum atomic E-state index is -0.722. The molecule has 0 bridgehead atoms. The van der Waals surface area contributed by atoms with Crippen molar-refractivity contribution < 1.29 is 14.3 Å². The van der Waals surface area contributed by atoms with Gasteiger partial charge in [0.1, 0.15) is 11.6 Å². The maximum Gasteiger partial charge on any atom is 0.251 e. The number of amides is 2. The lowest BCUT2D eigenvalue weighted by molar-refractivity contribution is -0.142. The van der Waals surface area contributed by atoms with Gasteiger partial charge in [-0.3, -0.25) is 9.59 Å². The monoisotopic (exact) mass is 383 g/mol. The van der Waals surface area contributed by atoms with Crippen LogP contribution in [-0.4, -0.2) is 51.2 Å². The molecule has 1 atom stereocenters. The van der Waals surface area contributed by atoms with Crippen LogP contribution in [0.1, 0.15) is 42.5 Å². The highest BCUT2D eigenvalue weighted by Gasteiger charge is 2.40. The molecule has 1 unspecified atom stereocenters. The van der Waals surface area contributed by atoms with Crippen LogP contribution in [0.2, 0.25) is 0 Å². The number of nitrogens with one attached hydrogen (secondary N) is 1. The van der Waals surface area contributed by atoms with E-state index in [0.717, 1.165) is 30.0 Å². The summed E-state index contributed by atoms with van der Waals surface area (Å²) in [5.41, 5.74) is 0.980. The zero-order valence-corrected chi connectivity index (χ0v) is 16.2. The summed E-state index contributed by atoms with van der Waals surface area (Å²) in [4.78, 5) is 27.6. The standard InChI is InChI=1S/C20H25N5O3/c1-13-22-23-19-18(20(27)21-15-8-9-15)25(12-11-24(13)19)17(26)10-7-14-5-3-4-6-16(14)28-2/h3-6,15,18H,7-12H2,1-2H3,(H,21,27). The average Bonchev–Trinajstić information content (AvgIpc) is 3.45. The summed E-state index contributed by atoms with van der Waals surface area (Å²) in [5, 5.41) is 11.3. The van der Waals surface area contributed by atoms with Crippen molar-refractivity contribution in [2.45, 2.75) is 51.2 Å². The van der Waals surface area contributed by atoms with Crippen LogP contribution in [0.15, 0.2) is 24.3 Å². The van der Waals surface area contributed by atoms with Crippen molar-refractivity contribution in [3.05, 3.63) is 41.5 Å². The number of rotatable bonds is 6. The van der Waals surface area contributed by atoms with Gasteiger partial charge in [0.25, 0.3) is 5.91 Å². The molecule has 1 aromatic carbocycles. The lowest BCUT2D eigenvalue weighted by Crippen LogP contribution is -2.49. The molecule has 2 aliphatic rings. The van der Waals surface area contributed by atoms with Gasteiger partial charge in [-0.15, -0.1) is 10.2 Å². The van der Waals surface area contributed by atoms with Gasteiger partial charge in [-0.1, -0.05) is 18.2 Å². The number of nitrogens with zero attached hydrogens (tertiary/aromatic N) is 4. The molecule has 2 amide bonds. The summed E-state index contributed by atoms with van der Waals surface area (Å²) >= 11 is 0. The van der Waals surface area contributed by atoms with Crippen LogP contribution in [0.25, 0.3) is 0 Å². The van der Waals surface area contributed by atoms with Crippen molar-refractivity contribution in [3.63, 3.8) is 0 Å². The number of benzene rings is 1. The Morgan fingerprint density at radius 2 is 2.00 bits per heavy atom. The predicted molar refractivity (Wildman–Crippen MR) is 102 cm³/mol. The first-order chi connectivity index (χ1) is 13.6. The third kappa shape index (κ3) is 3.58. The third-order valence-corrected chi connectivity index (χ3v) is 5.38. The van der Waals surface area contributed by atoms with Gasteiger partial charge >= 0.3 is 0 Å². The lowest BCUT2D eigenvalue weighted by Gasteiger charge is -2.35. The number of ether oxygens (including phenoxy) is 1. The number of para-hydroxylation sites is 1. The van der Waals surface area contributed by atoms with Crippen LogP contribution in [0.3, 0.4) is 0 Å². The molecule has 1 aliphatic carbocycles. The molecule has 4 rings (SSSR count). The molecule has 0 saturated heterocycles. The zero-order valence-electron chi connectivity index (χ0n) is 16.2. The largest absolute Gasteiger partial charge is 0.496 e. The van der Waals surface area contributed by atoms with Crippen molar-refractivity contribution in [1.29, 1.82) is 0 Å². The molecule has 8 nitrogen and oxygen atoms in total. The fraction of sp³-hybridized carbons (Fsp3) is 0.500. The minimum absolute atomic E-state index is 0.0613. The average molecular weight is 383 g/mol. The molecule has 148 valence electrons. The van der Waals surface area contributed by atoms with Crippen molar-refractivity contribution in [2.24, 2.45) is 0 Å². The van der Waals surface area contributed by atoms with Gasteiger partial charge < -0.3 is 19.5 Å². The molecule has 28 heavy (non-hydrogen) atoms. The van der Waals surface area contributed by atoms with E-state index in [2.05, 4.69) is 15.5 Å². The smallest absolute Gasteiger partial charge is 0.251 e. The summed E-state index contributed by atoms with van der Waals surface area (Å²) < 4.78 is 7.30. The number of methoxy groups -OCH3 is 1. The Morgan fingerprint density at radius 3 is 2.75 bits per heavy atom. The molecule has 0 spiro atoms. The summed E-state index contributed by atoms with van der Waals surface area (Å²) in [5.74, 6) is 1.86. The SMILES string of the molecule is COc1ccccc1CCC(=O)N1CCn2c(C)nnc2C1C(=O)NC1CC1. The number of fused-ring (bicyclic) bond motifs is 1. The number of aromatic nitrogens is 3. The van der Waals surface area contributed by atoms with Gasteiger partial charge in [-0.05, 0) is 37.8 Å². The Kier molecular flexibility index (Phi) is 5.02. The van der Waals surface area contributed by atoms with E-state index in [1.807, 2.05) is 35.8 Å². The van der Waals surface area contributed by atoms with Crippen LogP contribution >= 0.6 is 0 Å². The predicted octanol–water partition coefficient (Wildman–Crippen LogP) is 1.39. The second-order valence-corrected chi connectivity index (χ2v) is 7.34. The Hall–Kier alpha value is -2.90. The van der Waals surface area contributed by atoms with Gasteiger partial charge in [0, 0.05) is 25.6 Å². The van der Waals surface area contributed by atoms with E-state index in [4.69, 9.17) is 4.74 Å². The van der Waals surface area contributed by atoms with Crippen molar-refractivity contribution in [2.75, 3.05) is 13.7 Å². The molecule has 1 N–H and O–H groups in total. The first kappa shape index (κ1) is 18.5. The van der Waals surface area contributed by atoms with Crippen LogP contribution in [-0.2, 0) is 22.6 Å². The third-order valence-electron chi connectivity index (χ3n) is 5.38. The van der Waals surface area contributed by atoms with Crippen molar-refractivity contribution >= 4 is 11.8 Å². The van der Waals surface area contributed by atoms with Crippen LogP contribution in [0.5, 0.6) is 5.75 Å². The molecule has 2 heterocycles. The molecule has 1 saturated carbocycles. The Labute approximate surface area is 163 Å². The van der Waals surface area contributed by atoms with E-state index in [0.29, 0.717) is 31.8 Å². The van der Waals surface area contributed by atoms with Gasteiger partial charge in [0.15, 0.2) is 11.9 Å².